The number of likely N-dealkylation sites (tertiary alicyclic amines) is 1. The maximum Gasteiger partial charge on any atom is 0.409 e. The Morgan fingerprint density at radius 3 is 2.50 bits per heavy atom. The summed E-state index contributed by atoms with van der Waals surface area (Å²) in [6.45, 7) is 5.31. The number of rotatable bonds is 2. The van der Waals surface area contributed by atoms with Crippen molar-refractivity contribution in [1.29, 1.82) is 0 Å². The van der Waals surface area contributed by atoms with Crippen LogP contribution in [0.3, 0.4) is 0 Å². The van der Waals surface area contributed by atoms with Gasteiger partial charge in [0.05, 0.1) is 5.41 Å². The molecule has 4 bridgehead atoms. The topological polar surface area (TPSA) is 46.3 Å². The van der Waals surface area contributed by atoms with Gasteiger partial charge in [0.1, 0.15) is 0 Å². The third-order valence-electron chi connectivity index (χ3n) is 8.61. The Labute approximate surface area is 175 Å². The average Bonchev–Trinajstić information content (AvgIpc) is 3.36. The molecule has 4 unspecified atom stereocenters. The molecule has 5 aliphatic rings. The Kier molecular flexibility index (Phi) is 4.10. The van der Waals surface area contributed by atoms with Crippen LogP contribution in [0.5, 0.6) is 0 Å². The van der Waals surface area contributed by atoms with Gasteiger partial charge in [-0.1, -0.05) is 49.8 Å². The summed E-state index contributed by atoms with van der Waals surface area (Å²) in [5, 5.41) is 0. The van der Waals surface area contributed by atoms with E-state index >= 15 is 0 Å². The van der Waals surface area contributed by atoms with E-state index in [1.807, 2.05) is 35.2 Å². The Bertz CT molecular complexity index is 909. The fraction of sp³-hybridized carbons (Fsp3) is 0.625. The van der Waals surface area contributed by atoms with Crippen molar-refractivity contribution < 1.29 is 18.0 Å². The third kappa shape index (κ3) is 2.65. The number of carbonyl (C=O) groups excluding carboxylic acids is 1. The molecule has 1 heterocycles. The Morgan fingerprint density at radius 1 is 1.17 bits per heavy atom. The highest BCUT2D eigenvalue weighted by atomic mass is 19.4. The lowest BCUT2D eigenvalue weighted by molar-refractivity contribution is -0.146. The van der Waals surface area contributed by atoms with Gasteiger partial charge in [-0.25, -0.2) is 0 Å². The first-order valence-electron chi connectivity index (χ1n) is 10.9. The molecule has 30 heavy (non-hydrogen) atoms. The van der Waals surface area contributed by atoms with Gasteiger partial charge in [-0.05, 0) is 48.5 Å². The van der Waals surface area contributed by atoms with E-state index in [-0.39, 0.29) is 34.6 Å². The van der Waals surface area contributed by atoms with E-state index < -0.39 is 11.6 Å². The number of allylic oxidation sites excluding steroid dienone is 2. The highest BCUT2D eigenvalue weighted by Gasteiger charge is 2.76. The number of nitrogens with two attached hydrogens (primary N) is 1. The minimum Gasteiger partial charge on any atom is -0.342 e. The van der Waals surface area contributed by atoms with Gasteiger partial charge in [0, 0.05) is 30.6 Å². The van der Waals surface area contributed by atoms with Gasteiger partial charge >= 0.3 is 6.18 Å². The molecule has 1 aromatic carbocycles. The van der Waals surface area contributed by atoms with Crippen LogP contribution in [0, 0.1) is 22.7 Å². The molecule has 6 heteroatoms. The maximum atomic E-state index is 13.9. The summed E-state index contributed by atoms with van der Waals surface area (Å²) >= 11 is 0. The summed E-state index contributed by atoms with van der Waals surface area (Å²) in [6.07, 6.45) is -1.26. The quantitative estimate of drug-likeness (QED) is 0.723. The van der Waals surface area contributed by atoms with Crippen molar-refractivity contribution in [3.63, 3.8) is 0 Å². The smallest absolute Gasteiger partial charge is 0.342 e. The van der Waals surface area contributed by atoms with Gasteiger partial charge in [-0.3, -0.25) is 4.79 Å². The summed E-state index contributed by atoms with van der Waals surface area (Å²) < 4.78 is 40.2. The molecule has 162 valence electrons. The first-order valence-corrected chi connectivity index (χ1v) is 10.9. The fourth-order valence-corrected chi connectivity index (χ4v) is 7.23. The van der Waals surface area contributed by atoms with Crippen molar-refractivity contribution in [2.45, 2.75) is 57.2 Å². The summed E-state index contributed by atoms with van der Waals surface area (Å²) in [4.78, 5) is 15.8. The molecule has 0 spiro atoms. The van der Waals surface area contributed by atoms with E-state index in [1.54, 1.807) is 0 Å². The van der Waals surface area contributed by atoms with Crippen molar-refractivity contribution in [1.82, 2.24) is 4.90 Å². The largest absolute Gasteiger partial charge is 0.409 e. The molecule has 5 atom stereocenters. The summed E-state index contributed by atoms with van der Waals surface area (Å²) in [5.74, 6) is -0.454. The summed E-state index contributed by atoms with van der Waals surface area (Å²) in [6, 6.07) is 9.90. The van der Waals surface area contributed by atoms with Crippen molar-refractivity contribution in [2.24, 2.45) is 28.4 Å². The second kappa shape index (κ2) is 6.12. The van der Waals surface area contributed by atoms with E-state index in [2.05, 4.69) is 13.8 Å². The number of amides is 1. The van der Waals surface area contributed by atoms with Crippen LogP contribution < -0.4 is 5.73 Å². The lowest BCUT2D eigenvalue weighted by Gasteiger charge is -2.45. The van der Waals surface area contributed by atoms with Crippen LogP contribution in [0.25, 0.3) is 0 Å². The molecule has 4 aliphatic carbocycles. The first-order chi connectivity index (χ1) is 14.0. The highest BCUT2D eigenvalue weighted by molar-refractivity contribution is 5.87. The fourth-order valence-electron chi connectivity index (χ4n) is 7.23. The van der Waals surface area contributed by atoms with Gasteiger partial charge in [-0.15, -0.1) is 0 Å². The number of carbonyl (C=O) groups is 1. The second-order valence-electron chi connectivity index (χ2n) is 10.7. The minimum atomic E-state index is -4.35. The number of alkyl halides is 3. The standard InChI is InChI=1S/C24H29F3N2O/c1-21(2)14-29(9-8-19(21)28)20(30)23-12-17-16(10-24(25,26)27)18(23)11-22(17,13-23)15-6-4-3-5-7-15/h3-7,10,17-19H,8-9,11-14,28H2,1-2H3/b16-10-/t17?,18?,19-,22?,23?/m0/s1. The molecule has 2 N–H and O–H groups in total. The third-order valence-corrected chi connectivity index (χ3v) is 8.61. The molecular formula is C24H29F3N2O. The van der Waals surface area contributed by atoms with Crippen molar-refractivity contribution in [2.75, 3.05) is 13.1 Å². The molecule has 0 aromatic heterocycles. The lowest BCUT2D eigenvalue weighted by Crippen LogP contribution is -2.57. The molecule has 5 fully saturated rings. The molecule has 6 rings (SSSR count). The van der Waals surface area contributed by atoms with Crippen LogP contribution in [0.1, 0.15) is 45.1 Å². The molecule has 4 saturated carbocycles. The van der Waals surface area contributed by atoms with E-state index in [1.165, 1.54) is 0 Å². The molecular weight excluding hydrogens is 389 g/mol. The van der Waals surface area contributed by atoms with E-state index in [4.69, 9.17) is 5.73 Å². The van der Waals surface area contributed by atoms with Crippen LogP contribution in [0.4, 0.5) is 13.2 Å². The zero-order chi connectivity index (χ0) is 21.5. The molecule has 1 amide bonds. The second-order valence-corrected chi connectivity index (χ2v) is 10.7. The summed E-state index contributed by atoms with van der Waals surface area (Å²) in [5.41, 5.74) is 6.56. The number of hydrogen-bond acceptors (Lipinski definition) is 2. The van der Waals surface area contributed by atoms with Gasteiger partial charge in [0.25, 0.3) is 0 Å². The maximum absolute atomic E-state index is 13.9. The number of halogens is 3. The van der Waals surface area contributed by atoms with Crippen LogP contribution in [0.2, 0.25) is 0 Å². The average molecular weight is 419 g/mol. The van der Waals surface area contributed by atoms with Crippen molar-refractivity contribution >= 4 is 5.91 Å². The Morgan fingerprint density at radius 2 is 1.87 bits per heavy atom. The van der Waals surface area contributed by atoms with E-state index in [9.17, 15) is 18.0 Å². The van der Waals surface area contributed by atoms with Crippen LogP contribution in [-0.4, -0.2) is 36.1 Å². The van der Waals surface area contributed by atoms with Gasteiger partial charge in [0.15, 0.2) is 0 Å². The normalized spacial score (nSPS) is 40.5. The predicted molar refractivity (Wildman–Crippen MR) is 108 cm³/mol. The van der Waals surface area contributed by atoms with Crippen molar-refractivity contribution in [3.05, 3.63) is 47.5 Å². The minimum absolute atomic E-state index is 0.0315. The monoisotopic (exact) mass is 418 g/mol. The number of benzene rings is 1. The lowest BCUT2D eigenvalue weighted by atomic mass is 9.72. The van der Waals surface area contributed by atoms with E-state index in [0.29, 0.717) is 44.0 Å². The van der Waals surface area contributed by atoms with E-state index in [0.717, 1.165) is 12.0 Å². The highest BCUT2D eigenvalue weighted by Crippen LogP contribution is 2.78. The number of piperidine rings is 1. The van der Waals surface area contributed by atoms with Gasteiger partial charge in [0.2, 0.25) is 5.91 Å². The first kappa shape index (κ1) is 20.1. The molecule has 3 nitrogen and oxygen atoms in total. The van der Waals surface area contributed by atoms with Crippen LogP contribution in [0.15, 0.2) is 42.0 Å². The molecule has 1 saturated heterocycles. The summed E-state index contributed by atoms with van der Waals surface area (Å²) in [7, 11) is 0. The number of nitrogens with zero attached hydrogens (tertiary/aromatic N) is 1. The van der Waals surface area contributed by atoms with Gasteiger partial charge in [-0.2, -0.15) is 13.2 Å². The Hall–Kier alpha value is -1.82. The predicted octanol–water partition coefficient (Wildman–Crippen LogP) is 4.43. The van der Waals surface area contributed by atoms with Crippen molar-refractivity contribution in [3.8, 4) is 0 Å². The van der Waals surface area contributed by atoms with Crippen LogP contribution >= 0.6 is 0 Å². The zero-order valence-corrected chi connectivity index (χ0v) is 17.5. The Balaban J connectivity index is 1.54. The molecule has 1 aromatic rings. The zero-order valence-electron chi connectivity index (χ0n) is 17.5. The molecule has 1 aliphatic heterocycles. The van der Waals surface area contributed by atoms with Gasteiger partial charge < -0.3 is 10.6 Å². The molecule has 0 radical (unpaired) electrons. The SMILES string of the molecule is CC1(C)CN(C(=O)C23CC4/C(=C/C(F)(F)F)C2CC4(c2ccccc2)C3)CC[C@@H]1N. The van der Waals surface area contributed by atoms with Crippen LogP contribution in [-0.2, 0) is 10.2 Å². The number of hydrogen-bond donors (Lipinski definition) is 1.